The van der Waals surface area contributed by atoms with Gasteiger partial charge < -0.3 is 9.84 Å². The van der Waals surface area contributed by atoms with Crippen molar-refractivity contribution in [2.75, 3.05) is 13.2 Å². The average Bonchev–Trinajstić information content (AvgIpc) is 2.88. The third-order valence-corrected chi connectivity index (χ3v) is 3.94. The third kappa shape index (κ3) is 4.64. The molecule has 0 atom stereocenters. The van der Waals surface area contributed by atoms with Gasteiger partial charge in [-0.05, 0) is 19.1 Å². The zero-order chi connectivity index (χ0) is 15.1. The first-order valence-electron chi connectivity index (χ1n) is 6.55. The zero-order valence-electron chi connectivity index (χ0n) is 11.7. The monoisotopic (exact) mass is 305 g/mol. The highest BCUT2D eigenvalue weighted by Gasteiger charge is 2.04. The lowest BCUT2D eigenvalue weighted by molar-refractivity contribution is 0.121. The lowest BCUT2D eigenvalue weighted by Gasteiger charge is -2.05. The second kappa shape index (κ2) is 7.89. The van der Waals surface area contributed by atoms with Crippen molar-refractivity contribution in [3.8, 4) is 11.8 Å². The van der Waals surface area contributed by atoms with E-state index in [0.717, 1.165) is 12.1 Å². The number of thiazole rings is 1. The molecular weight excluding hydrogens is 289 g/mol. The van der Waals surface area contributed by atoms with Crippen molar-refractivity contribution in [2.24, 2.45) is 0 Å². The fourth-order valence-electron chi connectivity index (χ4n) is 1.80. The number of aliphatic hydroxyl groups is 1. The molecule has 0 saturated carbocycles. The normalized spacial score (nSPS) is 10.2. The molecule has 0 saturated heterocycles. The first-order chi connectivity index (χ1) is 10.2. The molecule has 0 amide bonds. The number of hydrogen-bond acceptors (Lipinski definition) is 4. The zero-order valence-corrected chi connectivity index (χ0v) is 12.5. The minimum absolute atomic E-state index is 0.233. The number of nitrogens with zero attached hydrogens (tertiary/aromatic N) is 1. The summed E-state index contributed by atoms with van der Waals surface area (Å²) in [5.74, 6) is 4.82. The Kier molecular flexibility index (Phi) is 5.88. The van der Waals surface area contributed by atoms with Gasteiger partial charge in [-0.25, -0.2) is 9.37 Å². The van der Waals surface area contributed by atoms with Gasteiger partial charge in [-0.3, -0.25) is 0 Å². The highest BCUT2D eigenvalue weighted by molar-refractivity contribution is 7.09. The molecule has 0 aliphatic carbocycles. The van der Waals surface area contributed by atoms with E-state index in [1.807, 2.05) is 12.4 Å². The molecule has 3 nitrogen and oxygen atoms in total. The van der Waals surface area contributed by atoms with Crippen LogP contribution in [0, 0.1) is 24.6 Å². The van der Waals surface area contributed by atoms with E-state index in [-0.39, 0.29) is 19.0 Å². The van der Waals surface area contributed by atoms with E-state index in [9.17, 15) is 4.39 Å². The van der Waals surface area contributed by atoms with Gasteiger partial charge in [-0.2, -0.15) is 0 Å². The van der Waals surface area contributed by atoms with Crippen LogP contribution in [-0.2, 0) is 17.8 Å². The smallest absolute Gasteiger partial charge is 0.129 e. The van der Waals surface area contributed by atoms with E-state index in [1.165, 1.54) is 10.9 Å². The van der Waals surface area contributed by atoms with Crippen LogP contribution >= 0.6 is 11.3 Å². The van der Waals surface area contributed by atoms with Crippen molar-refractivity contribution in [3.05, 3.63) is 51.2 Å². The number of rotatable bonds is 5. The van der Waals surface area contributed by atoms with E-state index < -0.39 is 0 Å². The molecule has 0 fully saturated rings. The second-order valence-electron chi connectivity index (χ2n) is 4.43. The van der Waals surface area contributed by atoms with Gasteiger partial charge in [0.05, 0.1) is 24.4 Å². The Morgan fingerprint density at radius 1 is 1.43 bits per heavy atom. The van der Waals surface area contributed by atoms with Gasteiger partial charge in [0.25, 0.3) is 0 Å². The van der Waals surface area contributed by atoms with Crippen LogP contribution in [0.15, 0.2) is 23.7 Å². The van der Waals surface area contributed by atoms with Crippen molar-refractivity contribution in [1.82, 2.24) is 4.98 Å². The molecule has 1 aromatic carbocycles. The molecule has 0 spiro atoms. The Morgan fingerprint density at radius 2 is 2.29 bits per heavy atom. The first kappa shape index (κ1) is 15.6. The van der Waals surface area contributed by atoms with E-state index >= 15 is 0 Å². The lowest BCUT2D eigenvalue weighted by atomic mass is 10.1. The van der Waals surface area contributed by atoms with Crippen molar-refractivity contribution in [2.45, 2.75) is 20.0 Å². The molecule has 1 heterocycles. The van der Waals surface area contributed by atoms with Crippen molar-refractivity contribution < 1.29 is 14.2 Å². The highest BCUT2D eigenvalue weighted by Crippen LogP contribution is 2.14. The SMILES string of the molecule is Cc1ncsc1CCOCc1ccc(C#CCO)cc1F. The summed E-state index contributed by atoms with van der Waals surface area (Å²) in [4.78, 5) is 5.37. The largest absolute Gasteiger partial charge is 0.384 e. The number of aromatic nitrogens is 1. The van der Waals surface area contributed by atoms with Crippen LogP contribution in [0.1, 0.15) is 21.7 Å². The molecule has 110 valence electrons. The lowest BCUT2D eigenvalue weighted by Crippen LogP contribution is -2.01. The maximum absolute atomic E-state index is 13.8. The van der Waals surface area contributed by atoms with Crippen LogP contribution < -0.4 is 0 Å². The Balaban J connectivity index is 1.84. The van der Waals surface area contributed by atoms with Crippen LogP contribution in [0.25, 0.3) is 0 Å². The Bertz CT molecular complexity index is 658. The number of ether oxygens (including phenoxy) is 1. The standard InChI is InChI=1S/C16H16FNO2S/c1-12-16(21-11-18-12)6-8-20-10-14-5-4-13(3-2-7-19)9-15(14)17/h4-5,9,11,19H,6-8,10H2,1H3. The average molecular weight is 305 g/mol. The summed E-state index contributed by atoms with van der Waals surface area (Å²) in [5, 5.41) is 8.60. The quantitative estimate of drug-likeness (QED) is 0.682. The van der Waals surface area contributed by atoms with Gasteiger partial charge in [0.15, 0.2) is 0 Å². The number of aliphatic hydroxyl groups excluding tert-OH is 1. The third-order valence-electron chi connectivity index (χ3n) is 2.94. The molecule has 0 unspecified atom stereocenters. The van der Waals surface area contributed by atoms with E-state index in [1.54, 1.807) is 23.5 Å². The molecule has 0 bridgehead atoms. The van der Waals surface area contributed by atoms with Gasteiger partial charge in [-0.15, -0.1) is 11.3 Å². The van der Waals surface area contributed by atoms with Crippen LogP contribution in [0.2, 0.25) is 0 Å². The first-order valence-corrected chi connectivity index (χ1v) is 7.43. The van der Waals surface area contributed by atoms with Crippen molar-refractivity contribution >= 4 is 11.3 Å². The van der Waals surface area contributed by atoms with Gasteiger partial charge in [0, 0.05) is 22.4 Å². The fraction of sp³-hybridized carbons (Fsp3) is 0.312. The summed E-state index contributed by atoms with van der Waals surface area (Å²) in [6.07, 6.45) is 0.790. The van der Waals surface area contributed by atoms with Gasteiger partial charge in [-0.1, -0.05) is 17.9 Å². The highest BCUT2D eigenvalue weighted by atomic mass is 32.1. The van der Waals surface area contributed by atoms with Gasteiger partial charge >= 0.3 is 0 Å². The van der Waals surface area contributed by atoms with E-state index in [2.05, 4.69) is 16.8 Å². The number of aryl methyl sites for hydroxylation is 1. The molecule has 1 aromatic heterocycles. The maximum atomic E-state index is 13.8. The molecule has 0 aliphatic heterocycles. The summed E-state index contributed by atoms with van der Waals surface area (Å²) in [7, 11) is 0. The Labute approximate surface area is 127 Å². The topological polar surface area (TPSA) is 42.4 Å². The maximum Gasteiger partial charge on any atom is 0.129 e. The summed E-state index contributed by atoms with van der Waals surface area (Å²) in [5.41, 5.74) is 3.90. The van der Waals surface area contributed by atoms with E-state index in [4.69, 9.17) is 9.84 Å². The number of benzene rings is 1. The summed E-state index contributed by atoms with van der Waals surface area (Å²) in [6.45, 7) is 2.51. The fourth-order valence-corrected chi connectivity index (χ4v) is 2.56. The summed E-state index contributed by atoms with van der Waals surface area (Å²) >= 11 is 1.61. The predicted molar refractivity (Wildman–Crippen MR) is 80.6 cm³/mol. The summed E-state index contributed by atoms with van der Waals surface area (Å²) < 4.78 is 19.3. The number of hydrogen-bond donors (Lipinski definition) is 1. The van der Waals surface area contributed by atoms with Crippen molar-refractivity contribution in [3.63, 3.8) is 0 Å². The van der Waals surface area contributed by atoms with Crippen LogP contribution in [-0.4, -0.2) is 23.3 Å². The molecule has 0 aliphatic rings. The minimum Gasteiger partial charge on any atom is -0.384 e. The predicted octanol–water partition coefficient (Wildman–Crippen LogP) is 2.69. The molecule has 5 heteroatoms. The molecular formula is C16H16FNO2S. The van der Waals surface area contributed by atoms with Crippen molar-refractivity contribution in [1.29, 1.82) is 0 Å². The molecule has 0 radical (unpaired) electrons. The number of halogens is 1. The van der Waals surface area contributed by atoms with Gasteiger partial charge in [0.2, 0.25) is 0 Å². The Morgan fingerprint density at radius 3 is 2.95 bits per heavy atom. The van der Waals surface area contributed by atoms with Gasteiger partial charge in [0.1, 0.15) is 12.4 Å². The summed E-state index contributed by atoms with van der Waals surface area (Å²) in [6, 6.07) is 4.74. The second-order valence-corrected chi connectivity index (χ2v) is 5.37. The Hall–Kier alpha value is -1.74. The molecule has 2 rings (SSSR count). The van der Waals surface area contributed by atoms with E-state index in [0.29, 0.717) is 17.7 Å². The molecule has 21 heavy (non-hydrogen) atoms. The minimum atomic E-state index is -0.339. The van der Waals surface area contributed by atoms with Crippen LogP contribution in [0.5, 0.6) is 0 Å². The van der Waals surface area contributed by atoms with Crippen LogP contribution in [0.3, 0.4) is 0 Å². The molecule has 1 N–H and O–H groups in total. The molecule has 2 aromatic rings. The van der Waals surface area contributed by atoms with Crippen LogP contribution in [0.4, 0.5) is 4.39 Å².